The first kappa shape index (κ1) is 34.7. The van der Waals surface area contributed by atoms with Crippen molar-refractivity contribution in [3.63, 3.8) is 0 Å². The summed E-state index contributed by atoms with van der Waals surface area (Å²) in [6, 6.07) is 57.8. The second-order valence-corrected chi connectivity index (χ2v) is 20.2. The minimum absolute atomic E-state index is 0.0268. The third-order valence-corrected chi connectivity index (χ3v) is 14.5. The molecule has 5 heterocycles. The Kier molecular flexibility index (Phi) is 6.40. The highest BCUT2D eigenvalue weighted by molar-refractivity contribution is 7.00. The standard InChI is InChI=1S/C58H43BN2O/c1-57(2,3)38-28-44-42-21-32-13-7-9-15-34(32)23-48(42)60-50-25-37(36-19-20-41-40-17-11-12-18-52(40)62-53(41)27-36)26-51-54(50)59(46(30-38)55(44)60)47-31-39(58(4,5)6)29-45-43-22-33-14-8-10-16-35(33)24-49(43)61(51)56(45)47/h7-31H,1-6H3. The van der Waals surface area contributed by atoms with E-state index in [0.717, 1.165) is 27.5 Å². The maximum Gasteiger partial charge on any atom is 0.252 e. The highest BCUT2D eigenvalue weighted by atomic mass is 16.3. The molecule has 294 valence electrons. The van der Waals surface area contributed by atoms with Crippen LogP contribution in [0.1, 0.15) is 52.7 Å². The molecule has 0 radical (unpaired) electrons. The Morgan fingerprint density at radius 2 is 0.887 bits per heavy atom. The molecule has 0 spiro atoms. The number of fused-ring (bicyclic) bond motifs is 15. The summed E-state index contributed by atoms with van der Waals surface area (Å²) >= 11 is 0. The highest BCUT2D eigenvalue weighted by Gasteiger charge is 2.42. The zero-order valence-electron chi connectivity index (χ0n) is 35.8. The van der Waals surface area contributed by atoms with Crippen LogP contribution in [0, 0.1) is 0 Å². The van der Waals surface area contributed by atoms with Gasteiger partial charge >= 0.3 is 0 Å². The fraction of sp³-hybridized carbons (Fsp3) is 0.138. The van der Waals surface area contributed by atoms with E-state index in [0.29, 0.717) is 0 Å². The fourth-order valence-electron chi connectivity index (χ4n) is 11.4. The number of aromatic nitrogens is 2. The molecule has 0 unspecified atom stereocenters. The lowest BCUT2D eigenvalue weighted by Crippen LogP contribution is -2.59. The highest BCUT2D eigenvalue weighted by Crippen LogP contribution is 2.45. The first-order valence-electron chi connectivity index (χ1n) is 22.1. The van der Waals surface area contributed by atoms with Crippen LogP contribution in [0.25, 0.3) is 110 Å². The quantitative estimate of drug-likeness (QED) is 0.152. The molecule has 12 aromatic rings. The maximum atomic E-state index is 6.54. The number of hydrogen-bond donors (Lipinski definition) is 0. The summed E-state index contributed by atoms with van der Waals surface area (Å²) in [6.07, 6.45) is 0. The molecule has 0 saturated carbocycles. The number of benzene rings is 9. The molecule has 3 nitrogen and oxygen atoms in total. The average molecular weight is 795 g/mol. The summed E-state index contributed by atoms with van der Waals surface area (Å²) in [6.45, 7) is 14.2. The summed E-state index contributed by atoms with van der Waals surface area (Å²) in [5, 5.41) is 12.6. The van der Waals surface area contributed by atoms with Gasteiger partial charge in [-0.1, -0.05) is 126 Å². The topological polar surface area (TPSA) is 23.0 Å². The molecule has 0 N–H and O–H groups in total. The summed E-state index contributed by atoms with van der Waals surface area (Å²) in [5.41, 5.74) is 18.6. The van der Waals surface area contributed by atoms with Crippen molar-refractivity contribution in [2.45, 2.75) is 52.4 Å². The largest absolute Gasteiger partial charge is 0.456 e. The first-order valence-corrected chi connectivity index (χ1v) is 22.1. The minimum Gasteiger partial charge on any atom is -0.456 e. The van der Waals surface area contributed by atoms with Crippen LogP contribution in [0.3, 0.4) is 0 Å². The number of hydrogen-bond acceptors (Lipinski definition) is 1. The van der Waals surface area contributed by atoms with Gasteiger partial charge in [-0.15, -0.1) is 0 Å². The predicted molar refractivity (Wildman–Crippen MR) is 265 cm³/mol. The first-order chi connectivity index (χ1) is 30.0. The van der Waals surface area contributed by atoms with Crippen LogP contribution in [0.4, 0.5) is 0 Å². The Morgan fingerprint density at radius 3 is 1.42 bits per heavy atom. The van der Waals surface area contributed by atoms with E-state index in [1.165, 1.54) is 110 Å². The van der Waals surface area contributed by atoms with Gasteiger partial charge in [-0.25, -0.2) is 0 Å². The Bertz CT molecular complexity index is 3810. The SMILES string of the molecule is CC(C)(C)c1cc2c3c(c1)c1cc4ccccc4cc1n3-c1cc(-c3ccc4c(c3)oc3ccccc34)cc3c1B2c1cc(C(C)(C)C)cc2c4cc5ccccc5cc4n-3c12. The predicted octanol–water partition coefficient (Wildman–Crippen LogP) is 13.5. The molecular weight excluding hydrogens is 751 g/mol. The third-order valence-electron chi connectivity index (χ3n) is 14.5. The normalized spacial score (nSPS) is 13.6. The van der Waals surface area contributed by atoms with Crippen LogP contribution in [0.5, 0.6) is 0 Å². The molecule has 0 atom stereocenters. The lowest BCUT2D eigenvalue weighted by atomic mass is 9.34. The van der Waals surface area contributed by atoms with Crippen LogP contribution in [-0.2, 0) is 10.8 Å². The van der Waals surface area contributed by atoms with Gasteiger partial charge in [0.25, 0.3) is 6.71 Å². The van der Waals surface area contributed by atoms with Gasteiger partial charge < -0.3 is 13.6 Å². The minimum atomic E-state index is -0.0511. The lowest BCUT2D eigenvalue weighted by Gasteiger charge is -2.36. The van der Waals surface area contributed by atoms with Crippen molar-refractivity contribution in [1.29, 1.82) is 0 Å². The number of rotatable bonds is 1. The van der Waals surface area contributed by atoms with Crippen LogP contribution in [0.2, 0.25) is 0 Å². The average Bonchev–Trinajstić information content (AvgIpc) is 3.91. The third kappa shape index (κ3) is 4.47. The van der Waals surface area contributed by atoms with Crippen molar-refractivity contribution in [1.82, 2.24) is 9.13 Å². The van der Waals surface area contributed by atoms with Crippen LogP contribution < -0.4 is 16.4 Å². The van der Waals surface area contributed by atoms with E-state index < -0.39 is 0 Å². The summed E-state index contributed by atoms with van der Waals surface area (Å²) in [4.78, 5) is 0. The van der Waals surface area contributed by atoms with Gasteiger partial charge in [-0.3, -0.25) is 0 Å². The Hall–Kier alpha value is -7.04. The summed E-state index contributed by atoms with van der Waals surface area (Å²) in [5.74, 6) is 0. The van der Waals surface area contributed by atoms with E-state index in [1.54, 1.807) is 0 Å². The van der Waals surface area contributed by atoms with E-state index in [4.69, 9.17) is 4.42 Å². The van der Waals surface area contributed by atoms with E-state index in [2.05, 4.69) is 202 Å². The molecule has 2 aliphatic rings. The van der Waals surface area contributed by atoms with Crippen molar-refractivity contribution < 1.29 is 4.42 Å². The van der Waals surface area contributed by atoms with E-state index in [9.17, 15) is 0 Å². The molecule has 0 bridgehead atoms. The molecule has 14 rings (SSSR count). The maximum absolute atomic E-state index is 6.54. The smallest absolute Gasteiger partial charge is 0.252 e. The van der Waals surface area contributed by atoms with Gasteiger partial charge in [0, 0.05) is 54.7 Å². The monoisotopic (exact) mass is 794 g/mol. The van der Waals surface area contributed by atoms with Gasteiger partial charge in [0.2, 0.25) is 0 Å². The van der Waals surface area contributed by atoms with Gasteiger partial charge in [0.05, 0.1) is 11.0 Å². The molecule has 0 fully saturated rings. The van der Waals surface area contributed by atoms with Gasteiger partial charge in [-0.05, 0) is 138 Å². The molecule has 62 heavy (non-hydrogen) atoms. The van der Waals surface area contributed by atoms with Crippen molar-refractivity contribution in [3.8, 4) is 22.5 Å². The molecular formula is C58H43BN2O. The number of para-hydroxylation sites is 1. The zero-order valence-corrected chi connectivity index (χ0v) is 35.8. The molecule has 3 aromatic heterocycles. The van der Waals surface area contributed by atoms with Gasteiger partial charge in [-0.2, -0.15) is 0 Å². The van der Waals surface area contributed by atoms with E-state index in [1.807, 2.05) is 0 Å². The second-order valence-electron chi connectivity index (χ2n) is 20.2. The van der Waals surface area contributed by atoms with Gasteiger partial charge in [0.1, 0.15) is 11.2 Å². The Balaban J connectivity index is 1.20. The zero-order chi connectivity index (χ0) is 41.6. The second kappa shape index (κ2) is 11.5. The van der Waals surface area contributed by atoms with Gasteiger partial charge in [0.15, 0.2) is 0 Å². The lowest BCUT2D eigenvalue weighted by molar-refractivity contribution is 0.591. The molecule has 4 heteroatoms. The molecule has 0 saturated heterocycles. The Morgan fingerprint density at radius 1 is 0.403 bits per heavy atom. The van der Waals surface area contributed by atoms with Crippen molar-refractivity contribution in [2.24, 2.45) is 0 Å². The van der Waals surface area contributed by atoms with Crippen LogP contribution in [-0.4, -0.2) is 15.8 Å². The summed E-state index contributed by atoms with van der Waals surface area (Å²) in [7, 11) is 0. The fourth-order valence-corrected chi connectivity index (χ4v) is 11.4. The molecule has 0 aliphatic carbocycles. The van der Waals surface area contributed by atoms with Crippen molar-refractivity contribution >= 4 is 110 Å². The van der Waals surface area contributed by atoms with Crippen molar-refractivity contribution in [2.75, 3.05) is 0 Å². The number of furan rings is 1. The van der Waals surface area contributed by atoms with Crippen LogP contribution >= 0.6 is 0 Å². The molecule has 0 amide bonds. The summed E-state index contributed by atoms with van der Waals surface area (Å²) < 4.78 is 11.8. The molecule has 2 aliphatic heterocycles. The van der Waals surface area contributed by atoms with Crippen LogP contribution in [0.15, 0.2) is 156 Å². The van der Waals surface area contributed by atoms with E-state index >= 15 is 0 Å². The van der Waals surface area contributed by atoms with E-state index in [-0.39, 0.29) is 17.5 Å². The Labute approximate surface area is 359 Å². The van der Waals surface area contributed by atoms with Crippen molar-refractivity contribution in [3.05, 3.63) is 163 Å². The number of nitrogens with zero attached hydrogens (tertiary/aromatic N) is 2. The molecule has 9 aromatic carbocycles.